The van der Waals surface area contributed by atoms with E-state index in [-0.39, 0.29) is 0 Å². The summed E-state index contributed by atoms with van der Waals surface area (Å²) in [5.74, 6) is 1.63. The molecule has 0 radical (unpaired) electrons. The van der Waals surface area contributed by atoms with Crippen molar-refractivity contribution in [3.8, 4) is 11.5 Å². The fraction of sp³-hybridized carbons (Fsp3) is 0.200. The summed E-state index contributed by atoms with van der Waals surface area (Å²) in [7, 11) is 1.95. The first kappa shape index (κ1) is 14.6. The molecule has 0 aromatic heterocycles. The second kappa shape index (κ2) is 6.55. The molecule has 2 nitrogen and oxygen atoms in total. The van der Waals surface area contributed by atoms with Crippen LogP contribution in [0.15, 0.2) is 51.4 Å². The van der Waals surface area contributed by atoms with Gasteiger partial charge in [-0.3, -0.25) is 0 Å². The fourth-order valence-corrected chi connectivity index (χ4v) is 2.82. The first-order valence-corrected chi connectivity index (χ1v) is 7.59. The largest absolute Gasteiger partial charge is 0.457 e. The summed E-state index contributed by atoms with van der Waals surface area (Å²) in [5, 5.41) is 3.22. The molecular weight excluding hydrogens is 370 g/mol. The van der Waals surface area contributed by atoms with Crippen LogP contribution in [0.3, 0.4) is 0 Å². The highest BCUT2D eigenvalue weighted by atomic mass is 79.9. The summed E-state index contributed by atoms with van der Waals surface area (Å²) in [6, 6.07) is 14.1. The maximum atomic E-state index is 5.83. The van der Waals surface area contributed by atoms with Crippen molar-refractivity contribution in [3.05, 3.63) is 57.0 Å². The maximum absolute atomic E-state index is 5.83. The lowest BCUT2D eigenvalue weighted by atomic mass is 10.1. The Balaban J connectivity index is 2.21. The zero-order chi connectivity index (χ0) is 13.8. The van der Waals surface area contributed by atoms with Crippen LogP contribution in [0.4, 0.5) is 0 Å². The Morgan fingerprint density at radius 2 is 1.79 bits per heavy atom. The second-order valence-corrected chi connectivity index (χ2v) is 6.02. The molecule has 2 aromatic rings. The molecule has 0 aliphatic rings. The summed E-state index contributed by atoms with van der Waals surface area (Å²) in [5.41, 5.74) is 1.21. The lowest BCUT2D eigenvalue weighted by molar-refractivity contribution is 0.481. The minimum atomic E-state index is 0.300. The molecule has 0 saturated heterocycles. The van der Waals surface area contributed by atoms with Crippen LogP contribution in [0.25, 0.3) is 0 Å². The van der Waals surface area contributed by atoms with Crippen molar-refractivity contribution in [1.29, 1.82) is 0 Å². The number of rotatable bonds is 4. The van der Waals surface area contributed by atoms with Crippen molar-refractivity contribution in [2.75, 3.05) is 7.05 Å². The summed E-state index contributed by atoms with van der Waals surface area (Å²) >= 11 is 7.02. The molecule has 4 heteroatoms. The number of hydrogen-bond donors (Lipinski definition) is 1. The summed E-state index contributed by atoms with van der Waals surface area (Å²) in [6.45, 7) is 2.12. The van der Waals surface area contributed by atoms with Crippen molar-refractivity contribution in [3.63, 3.8) is 0 Å². The lowest BCUT2D eigenvalue weighted by Gasteiger charge is -2.14. The molecular formula is C15H15Br2NO. The lowest BCUT2D eigenvalue weighted by Crippen LogP contribution is -2.12. The van der Waals surface area contributed by atoms with E-state index in [1.54, 1.807) is 0 Å². The first-order valence-electron chi connectivity index (χ1n) is 6.00. The molecule has 0 saturated carbocycles. The highest BCUT2D eigenvalue weighted by Gasteiger charge is 2.08. The highest BCUT2D eigenvalue weighted by molar-refractivity contribution is 9.10. The average Bonchev–Trinajstić information content (AvgIpc) is 2.38. The van der Waals surface area contributed by atoms with Crippen LogP contribution in [0.1, 0.15) is 18.5 Å². The van der Waals surface area contributed by atoms with Crippen LogP contribution < -0.4 is 10.1 Å². The van der Waals surface area contributed by atoms with Gasteiger partial charge in [0.15, 0.2) is 0 Å². The topological polar surface area (TPSA) is 21.3 Å². The van der Waals surface area contributed by atoms with Crippen LogP contribution >= 0.6 is 31.9 Å². The second-order valence-electron chi connectivity index (χ2n) is 4.25. The Labute approximate surface area is 130 Å². The van der Waals surface area contributed by atoms with Gasteiger partial charge in [-0.05, 0) is 49.9 Å². The van der Waals surface area contributed by atoms with Gasteiger partial charge >= 0.3 is 0 Å². The minimum Gasteiger partial charge on any atom is -0.457 e. The van der Waals surface area contributed by atoms with Crippen LogP contribution in [0, 0.1) is 0 Å². The van der Waals surface area contributed by atoms with Crippen LogP contribution in [-0.4, -0.2) is 7.05 Å². The molecule has 0 amide bonds. The van der Waals surface area contributed by atoms with Gasteiger partial charge < -0.3 is 10.1 Å². The van der Waals surface area contributed by atoms with Crippen LogP contribution in [0.2, 0.25) is 0 Å². The van der Waals surface area contributed by atoms with E-state index in [9.17, 15) is 0 Å². The Morgan fingerprint density at radius 3 is 2.42 bits per heavy atom. The third kappa shape index (κ3) is 3.81. The molecule has 1 atom stereocenters. The Bertz CT molecular complexity index is 572. The Hall–Kier alpha value is -0.840. The van der Waals surface area contributed by atoms with Gasteiger partial charge in [-0.15, -0.1) is 0 Å². The van der Waals surface area contributed by atoms with E-state index in [2.05, 4.69) is 50.2 Å². The third-order valence-corrected chi connectivity index (χ3v) is 4.08. The van der Waals surface area contributed by atoms with E-state index in [1.165, 1.54) is 5.56 Å². The molecule has 0 aliphatic carbocycles. The van der Waals surface area contributed by atoms with Gasteiger partial charge in [-0.2, -0.15) is 0 Å². The maximum Gasteiger partial charge on any atom is 0.128 e. The molecule has 2 aromatic carbocycles. The molecule has 19 heavy (non-hydrogen) atoms. The monoisotopic (exact) mass is 383 g/mol. The van der Waals surface area contributed by atoms with Crippen molar-refractivity contribution < 1.29 is 4.74 Å². The molecule has 0 aliphatic heterocycles. The number of nitrogens with one attached hydrogen (secondary N) is 1. The molecule has 100 valence electrons. The number of ether oxygens (including phenoxy) is 1. The van der Waals surface area contributed by atoms with Gasteiger partial charge in [-0.25, -0.2) is 0 Å². The van der Waals surface area contributed by atoms with E-state index in [1.807, 2.05) is 43.4 Å². The van der Waals surface area contributed by atoms with E-state index in [0.29, 0.717) is 6.04 Å². The zero-order valence-electron chi connectivity index (χ0n) is 10.8. The van der Waals surface area contributed by atoms with E-state index in [0.717, 1.165) is 20.4 Å². The SMILES string of the molecule is CNC(C)c1ccc(Oc2cccc(Br)c2)cc1Br. The van der Waals surface area contributed by atoms with Gasteiger partial charge in [0.25, 0.3) is 0 Å². The zero-order valence-corrected chi connectivity index (χ0v) is 14.0. The number of halogens is 2. The minimum absolute atomic E-state index is 0.300. The molecule has 1 unspecified atom stereocenters. The van der Waals surface area contributed by atoms with Crippen LogP contribution in [0.5, 0.6) is 11.5 Å². The number of benzene rings is 2. The van der Waals surface area contributed by atoms with Gasteiger partial charge in [0.2, 0.25) is 0 Å². The summed E-state index contributed by atoms with van der Waals surface area (Å²) in [6.07, 6.45) is 0. The smallest absolute Gasteiger partial charge is 0.128 e. The Kier molecular flexibility index (Phi) is 5.02. The van der Waals surface area contributed by atoms with E-state index in [4.69, 9.17) is 4.74 Å². The Morgan fingerprint density at radius 1 is 1.05 bits per heavy atom. The average molecular weight is 385 g/mol. The normalized spacial score (nSPS) is 12.2. The molecule has 1 N–H and O–H groups in total. The fourth-order valence-electron chi connectivity index (χ4n) is 1.74. The van der Waals surface area contributed by atoms with Crippen molar-refractivity contribution in [1.82, 2.24) is 5.32 Å². The molecule has 0 spiro atoms. The molecule has 0 fully saturated rings. The van der Waals surface area contributed by atoms with Gasteiger partial charge in [0.1, 0.15) is 11.5 Å². The predicted octanol–water partition coefficient (Wildman–Crippen LogP) is 5.28. The van der Waals surface area contributed by atoms with Gasteiger partial charge in [-0.1, -0.05) is 44.0 Å². The van der Waals surface area contributed by atoms with Crippen molar-refractivity contribution in [2.45, 2.75) is 13.0 Å². The standard InChI is InChI=1S/C15H15Br2NO/c1-10(18-2)14-7-6-13(9-15(14)17)19-12-5-3-4-11(16)8-12/h3-10,18H,1-2H3. The quantitative estimate of drug-likeness (QED) is 0.773. The predicted molar refractivity (Wildman–Crippen MR) is 85.8 cm³/mol. The van der Waals surface area contributed by atoms with Gasteiger partial charge in [0.05, 0.1) is 0 Å². The number of hydrogen-bond acceptors (Lipinski definition) is 2. The van der Waals surface area contributed by atoms with E-state index >= 15 is 0 Å². The van der Waals surface area contributed by atoms with E-state index < -0.39 is 0 Å². The molecule has 0 bridgehead atoms. The van der Waals surface area contributed by atoms with Crippen molar-refractivity contribution >= 4 is 31.9 Å². The van der Waals surface area contributed by atoms with Gasteiger partial charge in [0, 0.05) is 15.0 Å². The molecule has 2 rings (SSSR count). The highest BCUT2D eigenvalue weighted by Crippen LogP contribution is 2.30. The summed E-state index contributed by atoms with van der Waals surface area (Å²) in [4.78, 5) is 0. The third-order valence-electron chi connectivity index (χ3n) is 2.90. The molecule has 0 heterocycles. The van der Waals surface area contributed by atoms with Crippen molar-refractivity contribution in [2.24, 2.45) is 0 Å². The van der Waals surface area contributed by atoms with Crippen LogP contribution in [-0.2, 0) is 0 Å². The summed E-state index contributed by atoms with van der Waals surface area (Å²) < 4.78 is 7.88. The first-order chi connectivity index (χ1) is 9.10.